The zero-order chi connectivity index (χ0) is 25.1. The Morgan fingerprint density at radius 2 is 1.64 bits per heavy atom. The molecule has 3 rings (SSSR count). The van der Waals surface area contributed by atoms with Crippen molar-refractivity contribution in [3.8, 4) is 0 Å². The molecule has 0 aliphatic rings. The molecule has 0 fully saturated rings. The topological polar surface area (TPSA) is 37.8 Å². The molecule has 0 amide bonds. The van der Waals surface area contributed by atoms with E-state index in [1.54, 1.807) is 6.92 Å². The first-order valence-corrected chi connectivity index (χ1v) is 11.5. The molecule has 0 radical (unpaired) electrons. The number of pyridine rings is 2. The first-order valence-electron chi connectivity index (χ1n) is 11.5. The van der Waals surface area contributed by atoms with E-state index in [4.69, 9.17) is 0 Å². The summed E-state index contributed by atoms with van der Waals surface area (Å²) in [4.78, 5) is 9.08. The van der Waals surface area contributed by atoms with Crippen molar-refractivity contribution in [1.29, 1.82) is 0 Å². The second kappa shape index (κ2) is 18.5. The van der Waals surface area contributed by atoms with Gasteiger partial charge in [0.05, 0.1) is 36.1 Å². The van der Waals surface area contributed by atoms with Crippen molar-refractivity contribution in [2.45, 2.75) is 59.9 Å². The highest BCUT2D eigenvalue weighted by atomic mass is 19.1. The lowest BCUT2D eigenvalue weighted by Gasteiger charge is -2.17. The third-order valence-electron chi connectivity index (χ3n) is 4.35. The molecular weight excluding hydrogens is 416 g/mol. The molecule has 1 N–H and O–H groups in total. The summed E-state index contributed by atoms with van der Waals surface area (Å²) >= 11 is 0. The quantitative estimate of drug-likeness (QED) is 0.389. The minimum absolute atomic E-state index is 0.0847. The molecule has 180 valence electrons. The predicted molar refractivity (Wildman–Crippen MR) is 139 cm³/mol. The Morgan fingerprint density at radius 3 is 2.15 bits per heavy atom. The molecule has 5 heteroatoms. The first-order chi connectivity index (χ1) is 16.0. The van der Waals surface area contributed by atoms with Crippen LogP contribution in [-0.2, 0) is 6.42 Å². The van der Waals surface area contributed by atoms with E-state index in [9.17, 15) is 8.78 Å². The third-order valence-corrected chi connectivity index (χ3v) is 4.35. The average molecular weight is 456 g/mol. The van der Waals surface area contributed by atoms with Crippen LogP contribution in [0.3, 0.4) is 0 Å². The fraction of sp³-hybridized carbons (Fsp3) is 0.357. The van der Waals surface area contributed by atoms with Crippen LogP contribution in [0.5, 0.6) is 0 Å². The molecule has 0 aliphatic carbocycles. The van der Waals surface area contributed by atoms with E-state index in [0.29, 0.717) is 6.42 Å². The zero-order valence-electron chi connectivity index (χ0n) is 20.7. The van der Waals surface area contributed by atoms with Crippen molar-refractivity contribution in [1.82, 2.24) is 15.3 Å². The lowest BCUT2D eigenvalue weighted by atomic mass is 10.1. The molecule has 2 heterocycles. The van der Waals surface area contributed by atoms with Crippen molar-refractivity contribution < 1.29 is 8.78 Å². The minimum Gasteiger partial charge on any atom is -0.376 e. The Morgan fingerprint density at radius 1 is 1.03 bits per heavy atom. The second-order valence-corrected chi connectivity index (χ2v) is 6.95. The number of aryl methyl sites for hydroxylation is 1. The Labute approximate surface area is 198 Å². The monoisotopic (exact) mass is 455 g/mol. The Kier molecular flexibility index (Phi) is 16.8. The summed E-state index contributed by atoms with van der Waals surface area (Å²) in [6.07, 6.45) is 6.97. The van der Waals surface area contributed by atoms with Gasteiger partial charge in [0.1, 0.15) is 0 Å². The van der Waals surface area contributed by atoms with Gasteiger partial charge in [-0.2, -0.15) is 0 Å². The number of hydrogen-bond acceptors (Lipinski definition) is 3. The molecule has 0 spiro atoms. The fourth-order valence-corrected chi connectivity index (χ4v) is 2.79. The van der Waals surface area contributed by atoms with Gasteiger partial charge in [0, 0.05) is 17.8 Å². The van der Waals surface area contributed by atoms with Crippen LogP contribution in [0.1, 0.15) is 70.5 Å². The van der Waals surface area contributed by atoms with E-state index < -0.39 is 0 Å². The number of nitrogens with one attached hydrogen (secondary N) is 1. The van der Waals surface area contributed by atoms with Gasteiger partial charge in [-0.05, 0) is 42.8 Å². The van der Waals surface area contributed by atoms with Crippen LogP contribution in [0.25, 0.3) is 16.5 Å². The Hall–Kier alpha value is -3.08. The van der Waals surface area contributed by atoms with Gasteiger partial charge >= 0.3 is 0 Å². The highest BCUT2D eigenvalue weighted by Gasteiger charge is 2.10. The normalized spacial score (nSPS) is 10.3. The number of alkyl halides is 1. The van der Waals surface area contributed by atoms with Crippen molar-refractivity contribution in [3.05, 3.63) is 91.3 Å². The molecule has 3 aromatic rings. The zero-order valence-corrected chi connectivity index (χ0v) is 20.7. The number of benzene rings is 1. The van der Waals surface area contributed by atoms with Gasteiger partial charge in [-0.3, -0.25) is 14.4 Å². The molecule has 1 unspecified atom stereocenters. The summed E-state index contributed by atoms with van der Waals surface area (Å²) in [6.45, 7) is 16.7. The molecule has 33 heavy (non-hydrogen) atoms. The summed E-state index contributed by atoms with van der Waals surface area (Å²) in [5, 5.41) is 5.71. The summed E-state index contributed by atoms with van der Waals surface area (Å²) < 4.78 is 20.8. The van der Waals surface area contributed by atoms with Crippen LogP contribution >= 0.6 is 0 Å². The van der Waals surface area contributed by atoms with Gasteiger partial charge in [0.15, 0.2) is 0 Å². The molecule has 1 aromatic carbocycles. The van der Waals surface area contributed by atoms with Crippen LogP contribution in [0, 0.1) is 0 Å². The van der Waals surface area contributed by atoms with E-state index in [2.05, 4.69) is 72.6 Å². The van der Waals surface area contributed by atoms with Crippen molar-refractivity contribution >= 4 is 16.5 Å². The van der Waals surface area contributed by atoms with Gasteiger partial charge in [-0.1, -0.05) is 77.6 Å². The maximum atomic E-state index is 10.7. The minimum atomic E-state index is -0.181. The lowest BCUT2D eigenvalue weighted by Crippen LogP contribution is -2.18. The Balaban J connectivity index is 0.000000989. The molecule has 3 nitrogen and oxygen atoms in total. The van der Waals surface area contributed by atoms with Crippen molar-refractivity contribution in [2.24, 2.45) is 0 Å². The molecule has 0 aliphatic heterocycles. The van der Waals surface area contributed by atoms with Crippen LogP contribution in [-0.4, -0.2) is 16.6 Å². The predicted octanol–water partition coefficient (Wildman–Crippen LogP) is 8.40. The van der Waals surface area contributed by atoms with E-state index in [-0.39, 0.29) is 19.0 Å². The van der Waals surface area contributed by atoms with Crippen LogP contribution < -0.4 is 5.32 Å². The highest BCUT2D eigenvalue weighted by Crippen LogP contribution is 2.19. The molecule has 0 saturated heterocycles. The summed E-state index contributed by atoms with van der Waals surface area (Å²) in [7, 11) is 0. The van der Waals surface area contributed by atoms with Gasteiger partial charge in [-0.15, -0.1) is 0 Å². The van der Waals surface area contributed by atoms with E-state index in [0.717, 1.165) is 35.3 Å². The number of aromatic nitrogens is 2. The van der Waals surface area contributed by atoms with Crippen LogP contribution in [0.2, 0.25) is 0 Å². The van der Waals surface area contributed by atoms with E-state index in [1.807, 2.05) is 38.4 Å². The smallest absolute Gasteiger partial charge is 0.0891 e. The van der Waals surface area contributed by atoms with E-state index in [1.165, 1.54) is 10.9 Å². The maximum absolute atomic E-state index is 10.7. The van der Waals surface area contributed by atoms with Gasteiger partial charge in [0.2, 0.25) is 0 Å². The maximum Gasteiger partial charge on any atom is 0.0891 e. The fourth-order valence-electron chi connectivity index (χ4n) is 2.79. The van der Waals surface area contributed by atoms with Gasteiger partial charge in [0.25, 0.3) is 0 Å². The van der Waals surface area contributed by atoms with Crippen LogP contribution in [0.15, 0.2) is 74.3 Å². The highest BCUT2D eigenvalue weighted by molar-refractivity contribution is 5.84. The summed E-state index contributed by atoms with van der Waals surface area (Å²) in [6, 6.07) is 14.6. The second-order valence-electron chi connectivity index (χ2n) is 6.95. The number of hydrogen-bond donors (Lipinski definition) is 1. The number of fused-ring (bicyclic) bond motifs is 1. The third kappa shape index (κ3) is 11.4. The molecule has 0 bridgehead atoms. The molecule has 0 saturated carbocycles. The van der Waals surface area contributed by atoms with Gasteiger partial charge in [-0.25, -0.2) is 4.39 Å². The number of rotatable bonds is 7. The number of halogens is 2. The SMILES string of the molecule is C=C(NC(C)c1ccc(CCC)cn1)c1cc2ccccc2cn1.C=CF.CC.CCCF. The van der Waals surface area contributed by atoms with Crippen molar-refractivity contribution in [2.75, 3.05) is 6.67 Å². The number of nitrogens with zero attached hydrogens (tertiary/aromatic N) is 2. The Bertz CT molecular complexity index is 922. The largest absolute Gasteiger partial charge is 0.376 e. The average Bonchev–Trinajstić information content (AvgIpc) is 2.86. The lowest BCUT2D eigenvalue weighted by molar-refractivity contribution is 0.487. The molecule has 1 atom stereocenters. The summed E-state index contributed by atoms with van der Waals surface area (Å²) in [5.41, 5.74) is 3.97. The van der Waals surface area contributed by atoms with Crippen LogP contribution in [0.4, 0.5) is 8.78 Å². The standard InChI is InChI=1S/C21H23N3.C3H7F.C2H3F.C2H6/c1-4-7-17-10-11-20(22-13-17)15(2)24-16(3)21-12-18-8-5-6-9-19(18)14-23-21;1-2-3-4;1-2-3;1-2/h5-6,8-15,24H,3-4,7H2,1-2H3;2-3H2,1H3;2H,1H2;1-2H3. The molecule has 2 aromatic heterocycles. The molecular formula is C28H39F2N3. The summed E-state index contributed by atoms with van der Waals surface area (Å²) in [5.74, 6) is 0. The van der Waals surface area contributed by atoms with Gasteiger partial charge < -0.3 is 5.32 Å². The first kappa shape index (κ1) is 29.9. The van der Waals surface area contributed by atoms with E-state index >= 15 is 0 Å². The van der Waals surface area contributed by atoms with Crippen molar-refractivity contribution in [3.63, 3.8) is 0 Å².